The zero-order valence-electron chi connectivity index (χ0n) is 20.0. The molecule has 0 atom stereocenters. The monoisotopic (exact) mass is 501 g/mol. The number of rotatable bonds is 8. The Kier molecular flexibility index (Phi) is 7.33. The van der Waals surface area contributed by atoms with Crippen molar-refractivity contribution in [3.8, 4) is 11.3 Å². The van der Waals surface area contributed by atoms with E-state index in [0.717, 1.165) is 16.1 Å². The van der Waals surface area contributed by atoms with Crippen molar-refractivity contribution in [1.82, 2.24) is 13.9 Å². The second kappa shape index (κ2) is 10.6. The number of aromatic nitrogens is 2. The van der Waals surface area contributed by atoms with Gasteiger partial charge in [-0.1, -0.05) is 36.4 Å². The summed E-state index contributed by atoms with van der Waals surface area (Å²) in [5.41, 5.74) is 10.1. The second-order valence-corrected chi connectivity index (χ2v) is 10.3. The third-order valence-electron chi connectivity index (χ3n) is 5.40. The van der Waals surface area contributed by atoms with Crippen molar-refractivity contribution < 1.29 is 13.2 Å². The number of hydrogen-bond donors (Lipinski definition) is 2. The van der Waals surface area contributed by atoms with Crippen LogP contribution in [0.3, 0.4) is 0 Å². The fourth-order valence-electron chi connectivity index (χ4n) is 3.57. The molecule has 9 heteroatoms. The van der Waals surface area contributed by atoms with Gasteiger partial charge in [-0.05, 0) is 61.6 Å². The third kappa shape index (κ3) is 5.88. The number of nitrogen functional groups attached to an aromatic ring is 1. The smallest absolute Gasteiger partial charge is 0.269 e. The lowest BCUT2D eigenvalue weighted by molar-refractivity contribution is -0.111. The molecule has 0 saturated carbocycles. The van der Waals surface area contributed by atoms with Crippen molar-refractivity contribution >= 4 is 33.4 Å². The summed E-state index contributed by atoms with van der Waals surface area (Å²) in [6, 6.07) is 19.8. The van der Waals surface area contributed by atoms with Crippen LogP contribution in [0.25, 0.3) is 17.3 Å². The van der Waals surface area contributed by atoms with Crippen LogP contribution in [0.2, 0.25) is 0 Å². The minimum absolute atomic E-state index is 0.0684. The van der Waals surface area contributed by atoms with Crippen molar-refractivity contribution in [3.63, 3.8) is 0 Å². The SMILES string of the molecule is CN(C)Cc1ccc(-c2ccc(S(=O)(=O)n3ccc(C=CC(=O)Nc4ccccc4N)c3)cn2)cc1. The first-order chi connectivity index (χ1) is 17.2. The number of pyridine rings is 1. The average Bonchev–Trinajstić information content (AvgIpc) is 3.35. The van der Waals surface area contributed by atoms with Crippen molar-refractivity contribution in [2.45, 2.75) is 11.4 Å². The number of amides is 1. The minimum Gasteiger partial charge on any atom is -0.397 e. The highest BCUT2D eigenvalue weighted by Crippen LogP contribution is 2.22. The Morgan fingerprint density at radius 1 is 1.06 bits per heavy atom. The summed E-state index contributed by atoms with van der Waals surface area (Å²) in [5.74, 6) is -0.377. The molecule has 0 unspecified atom stereocenters. The molecule has 0 aliphatic carbocycles. The van der Waals surface area contributed by atoms with E-state index < -0.39 is 10.0 Å². The van der Waals surface area contributed by atoms with E-state index in [1.807, 2.05) is 38.4 Å². The van der Waals surface area contributed by atoms with Crippen molar-refractivity contribution in [2.75, 3.05) is 25.1 Å². The van der Waals surface area contributed by atoms with Gasteiger partial charge < -0.3 is 16.0 Å². The highest BCUT2D eigenvalue weighted by molar-refractivity contribution is 7.90. The van der Waals surface area contributed by atoms with Gasteiger partial charge in [0.25, 0.3) is 10.0 Å². The first-order valence-electron chi connectivity index (χ1n) is 11.2. The fourth-order valence-corrected chi connectivity index (χ4v) is 4.72. The van der Waals surface area contributed by atoms with Gasteiger partial charge in [-0.15, -0.1) is 0 Å². The molecule has 0 spiro atoms. The molecule has 0 radical (unpaired) electrons. The Morgan fingerprint density at radius 3 is 2.47 bits per heavy atom. The van der Waals surface area contributed by atoms with Gasteiger partial charge in [-0.2, -0.15) is 0 Å². The minimum atomic E-state index is -3.83. The van der Waals surface area contributed by atoms with E-state index in [4.69, 9.17) is 5.73 Å². The molecule has 4 aromatic rings. The zero-order chi connectivity index (χ0) is 25.7. The number of nitrogens with one attached hydrogen (secondary N) is 1. The van der Waals surface area contributed by atoms with E-state index in [1.165, 1.54) is 36.3 Å². The van der Waals surface area contributed by atoms with Crippen molar-refractivity contribution in [3.05, 3.63) is 103 Å². The highest BCUT2D eigenvalue weighted by Gasteiger charge is 2.17. The van der Waals surface area contributed by atoms with E-state index in [2.05, 4.69) is 15.2 Å². The molecule has 8 nitrogen and oxygen atoms in total. The molecule has 0 aliphatic heterocycles. The maximum atomic E-state index is 13.1. The molecular formula is C27H27N5O3S. The number of anilines is 2. The number of hydrogen-bond acceptors (Lipinski definition) is 6. The molecule has 0 saturated heterocycles. The summed E-state index contributed by atoms with van der Waals surface area (Å²) in [4.78, 5) is 18.7. The molecule has 2 aromatic heterocycles. The largest absolute Gasteiger partial charge is 0.397 e. The molecule has 0 bridgehead atoms. The summed E-state index contributed by atoms with van der Waals surface area (Å²) in [7, 11) is 0.191. The standard InChI is InChI=1S/C27H27N5O3S/c1-31(2)18-20-7-10-22(11-8-20)25-13-12-23(17-29-25)36(34,35)32-16-15-21(19-32)9-14-27(33)30-26-6-4-3-5-24(26)28/h3-17,19H,18,28H2,1-2H3,(H,30,33). The van der Waals surface area contributed by atoms with Crippen molar-refractivity contribution in [1.29, 1.82) is 0 Å². The van der Waals surface area contributed by atoms with E-state index >= 15 is 0 Å². The maximum absolute atomic E-state index is 13.1. The first kappa shape index (κ1) is 24.9. The number of nitrogens with zero attached hydrogens (tertiary/aromatic N) is 3. The molecular weight excluding hydrogens is 474 g/mol. The topological polar surface area (TPSA) is 110 Å². The Hall–Kier alpha value is -4.21. The van der Waals surface area contributed by atoms with Gasteiger partial charge in [0.15, 0.2) is 0 Å². The second-order valence-electron chi connectivity index (χ2n) is 8.50. The van der Waals surface area contributed by atoms with Crippen LogP contribution < -0.4 is 11.1 Å². The van der Waals surface area contributed by atoms with Gasteiger partial charge in [-0.25, -0.2) is 12.4 Å². The molecule has 1 amide bonds. The molecule has 184 valence electrons. The van der Waals surface area contributed by atoms with Crippen LogP contribution in [-0.4, -0.2) is 42.3 Å². The predicted molar refractivity (Wildman–Crippen MR) is 143 cm³/mol. The summed E-state index contributed by atoms with van der Waals surface area (Å²) in [6.07, 6.45) is 7.07. The molecule has 0 aliphatic rings. The summed E-state index contributed by atoms with van der Waals surface area (Å²) in [6.45, 7) is 0.839. The lowest BCUT2D eigenvalue weighted by Gasteiger charge is -2.10. The predicted octanol–water partition coefficient (Wildman–Crippen LogP) is 4.08. The first-order valence-corrected chi connectivity index (χ1v) is 12.6. The van der Waals surface area contributed by atoms with Crippen LogP contribution in [0.4, 0.5) is 11.4 Å². The molecule has 2 heterocycles. The number of carbonyl (C=O) groups excluding carboxylic acids is 1. The van der Waals surface area contributed by atoms with Crippen molar-refractivity contribution in [2.24, 2.45) is 0 Å². The Morgan fingerprint density at radius 2 is 1.81 bits per heavy atom. The summed E-state index contributed by atoms with van der Waals surface area (Å²) in [5, 5.41) is 2.69. The van der Waals surface area contributed by atoms with Crippen LogP contribution in [0.15, 0.2) is 96.3 Å². The molecule has 0 fully saturated rings. The Labute approximate surface area is 210 Å². The Balaban J connectivity index is 1.45. The van der Waals surface area contributed by atoms with Gasteiger partial charge in [-0.3, -0.25) is 9.78 Å². The van der Waals surface area contributed by atoms with Gasteiger partial charge in [0.1, 0.15) is 4.90 Å². The molecule has 2 aromatic carbocycles. The van der Waals surface area contributed by atoms with Gasteiger partial charge in [0.05, 0.1) is 17.1 Å². The van der Waals surface area contributed by atoms with E-state index in [0.29, 0.717) is 22.6 Å². The highest BCUT2D eigenvalue weighted by atomic mass is 32.2. The molecule has 36 heavy (non-hydrogen) atoms. The molecule has 4 rings (SSSR count). The number of carbonyl (C=O) groups is 1. The van der Waals surface area contributed by atoms with Crippen LogP contribution in [0, 0.1) is 0 Å². The van der Waals surface area contributed by atoms with E-state index in [1.54, 1.807) is 42.5 Å². The Bertz CT molecular complexity index is 1490. The van der Waals surface area contributed by atoms with Crippen LogP contribution in [0.5, 0.6) is 0 Å². The lowest BCUT2D eigenvalue weighted by atomic mass is 10.1. The average molecular weight is 502 g/mol. The van der Waals surface area contributed by atoms with E-state index in [-0.39, 0.29) is 10.8 Å². The normalized spacial score (nSPS) is 11.8. The van der Waals surface area contributed by atoms with Crippen LogP contribution in [0.1, 0.15) is 11.1 Å². The summed E-state index contributed by atoms with van der Waals surface area (Å²) < 4.78 is 27.2. The van der Waals surface area contributed by atoms with E-state index in [9.17, 15) is 13.2 Å². The maximum Gasteiger partial charge on any atom is 0.269 e. The van der Waals surface area contributed by atoms with Gasteiger partial charge >= 0.3 is 0 Å². The zero-order valence-corrected chi connectivity index (χ0v) is 20.8. The van der Waals surface area contributed by atoms with Gasteiger partial charge in [0, 0.05) is 36.8 Å². The number of para-hydroxylation sites is 2. The van der Waals surface area contributed by atoms with Gasteiger partial charge in [0.2, 0.25) is 5.91 Å². The summed E-state index contributed by atoms with van der Waals surface area (Å²) >= 11 is 0. The lowest BCUT2D eigenvalue weighted by Crippen LogP contribution is -2.11. The van der Waals surface area contributed by atoms with Crippen LogP contribution >= 0.6 is 0 Å². The molecule has 3 N–H and O–H groups in total. The fraction of sp³-hybridized carbons (Fsp3) is 0.111. The quantitative estimate of drug-likeness (QED) is 0.278. The van der Waals surface area contributed by atoms with Crippen LogP contribution in [-0.2, 0) is 21.4 Å². The number of nitrogens with two attached hydrogens (primary N) is 1. The third-order valence-corrected chi connectivity index (χ3v) is 7.02. The number of benzene rings is 2.